The molecule has 1 spiro atoms. The van der Waals surface area contributed by atoms with Gasteiger partial charge in [0, 0.05) is 43.9 Å². The fourth-order valence-electron chi connectivity index (χ4n) is 15.8. The van der Waals surface area contributed by atoms with E-state index in [4.69, 9.17) is 61.6 Å². The maximum atomic E-state index is 12.4. The average molecular weight is 1060 g/mol. The molecular weight excluding hydrogens is 977 g/mol. The van der Waals surface area contributed by atoms with Crippen molar-refractivity contribution in [3.63, 3.8) is 0 Å². The second-order valence-corrected chi connectivity index (χ2v) is 25.1. The quantitative estimate of drug-likeness (QED) is 0.222. The molecular formula is C60H84O16. The van der Waals surface area contributed by atoms with Crippen LogP contribution in [0.5, 0.6) is 0 Å². The minimum Gasteiger partial charge on any atom is -0.390 e. The first-order valence-electron chi connectivity index (χ1n) is 29.3. The van der Waals surface area contributed by atoms with Crippen molar-refractivity contribution < 1.29 is 76.9 Å². The number of aliphatic hydroxyl groups is 3. The first-order valence-corrected chi connectivity index (χ1v) is 29.3. The van der Waals surface area contributed by atoms with E-state index in [1.165, 1.54) is 0 Å². The van der Waals surface area contributed by atoms with Gasteiger partial charge in [-0.2, -0.15) is 0 Å². The van der Waals surface area contributed by atoms with Gasteiger partial charge >= 0.3 is 0 Å². The molecule has 13 heterocycles. The van der Waals surface area contributed by atoms with Gasteiger partial charge in [-0.05, 0) is 57.3 Å². The summed E-state index contributed by atoms with van der Waals surface area (Å²) in [7, 11) is 0. The molecule has 13 rings (SSSR count). The van der Waals surface area contributed by atoms with Crippen molar-refractivity contribution in [3.05, 3.63) is 73.4 Å². The van der Waals surface area contributed by atoms with Gasteiger partial charge in [0.1, 0.15) is 54.4 Å². The normalized spacial score (nSPS) is 57.1. The van der Waals surface area contributed by atoms with Crippen LogP contribution in [-0.4, -0.2) is 186 Å². The van der Waals surface area contributed by atoms with E-state index < -0.39 is 84.6 Å². The van der Waals surface area contributed by atoms with Gasteiger partial charge in [-0.3, -0.25) is 0 Å². The molecule has 3 N–H and O–H groups in total. The van der Waals surface area contributed by atoms with Crippen LogP contribution in [0.2, 0.25) is 0 Å². The second-order valence-electron chi connectivity index (χ2n) is 25.1. The zero-order chi connectivity index (χ0) is 52.2. The Morgan fingerprint density at radius 3 is 1.92 bits per heavy atom. The van der Waals surface area contributed by atoms with E-state index in [2.05, 4.69) is 64.7 Å². The van der Waals surface area contributed by atoms with E-state index in [0.717, 1.165) is 25.7 Å². The highest BCUT2D eigenvalue weighted by atomic mass is 16.7. The molecule has 13 aliphatic rings. The number of aliphatic hydroxyl groups excluding tert-OH is 3. The average Bonchev–Trinajstić information content (AvgIpc) is 3.62. The SMILES string of the molecule is C=C/C=C/[C@H]1C=CC[C@@H]2O[C@@H]3C[C@@H]4O[C@@H]5C=C[C@@H]6O[C@@H]7C[C@@H](O)[C@]8(C)O[C@@H]9C[C@H](C)C[C@@H]%10O[C@@H]%11[C@@H](C)[C@H](O)[C@@H]%12O[C@@]%13(CCCO%13)[C@@H](C)[C@H](C)[C@H]%12O[C@H]%11C[C@H]%10O[C@H]9C[C@H]8O[C@H]7C/C=C/C[C@H]6O[C@H]5C=C[C@H]4O[C@H]3[C@H](O)[C@H]2O1. The van der Waals surface area contributed by atoms with Gasteiger partial charge in [0.15, 0.2) is 5.79 Å². The van der Waals surface area contributed by atoms with Gasteiger partial charge in [0.25, 0.3) is 0 Å². The Labute approximate surface area is 448 Å². The van der Waals surface area contributed by atoms with E-state index in [9.17, 15) is 15.3 Å². The predicted molar refractivity (Wildman–Crippen MR) is 275 cm³/mol. The van der Waals surface area contributed by atoms with Crippen molar-refractivity contribution in [3.8, 4) is 0 Å². The Balaban J connectivity index is 0.686. The minimum atomic E-state index is -1.01. The van der Waals surface area contributed by atoms with Gasteiger partial charge in [0.05, 0.1) is 110 Å². The third-order valence-electron chi connectivity index (χ3n) is 20.3. The van der Waals surface area contributed by atoms with E-state index >= 15 is 0 Å². The van der Waals surface area contributed by atoms with Crippen LogP contribution >= 0.6 is 0 Å². The molecule has 16 nitrogen and oxygen atoms in total. The zero-order valence-electron chi connectivity index (χ0n) is 44.9. The molecule has 0 unspecified atom stereocenters. The summed E-state index contributed by atoms with van der Waals surface area (Å²) in [6.45, 7) is 15.2. The highest BCUT2D eigenvalue weighted by molar-refractivity contribution is 5.18. The van der Waals surface area contributed by atoms with Crippen molar-refractivity contribution in [2.75, 3.05) is 6.61 Å². The Hall–Kier alpha value is -2.20. The second kappa shape index (κ2) is 21.3. The third kappa shape index (κ3) is 9.58. The number of fused-ring (bicyclic) bond motifs is 11. The first kappa shape index (κ1) is 53.1. The monoisotopic (exact) mass is 1060 g/mol. The molecule has 0 aliphatic carbocycles. The molecule has 0 radical (unpaired) electrons. The van der Waals surface area contributed by atoms with E-state index in [1.807, 2.05) is 37.3 Å². The van der Waals surface area contributed by atoms with Crippen molar-refractivity contribution >= 4 is 0 Å². The summed E-state index contributed by atoms with van der Waals surface area (Å²) in [5.41, 5.74) is -1.01. The van der Waals surface area contributed by atoms with Crippen LogP contribution in [0, 0.1) is 23.7 Å². The third-order valence-corrected chi connectivity index (χ3v) is 20.3. The summed E-state index contributed by atoms with van der Waals surface area (Å²) >= 11 is 0. The largest absolute Gasteiger partial charge is 0.390 e. The van der Waals surface area contributed by atoms with Crippen molar-refractivity contribution in [2.45, 2.75) is 269 Å². The molecule has 420 valence electrons. The van der Waals surface area contributed by atoms with E-state index in [1.54, 1.807) is 6.08 Å². The minimum absolute atomic E-state index is 0.0983. The number of ether oxygens (including phenoxy) is 13. The fraction of sp³-hybridized carbons (Fsp3) is 0.800. The number of hydrogen-bond donors (Lipinski definition) is 3. The molecule has 31 atom stereocenters. The molecule has 13 aliphatic heterocycles. The summed E-state index contributed by atoms with van der Waals surface area (Å²) < 4.78 is 89.5. The van der Waals surface area contributed by atoms with E-state index in [-0.39, 0.29) is 103 Å². The Morgan fingerprint density at radius 2 is 1.13 bits per heavy atom. The van der Waals surface area contributed by atoms with Gasteiger partial charge in [0.2, 0.25) is 0 Å². The summed E-state index contributed by atoms with van der Waals surface area (Å²) in [5.74, 6) is -0.482. The van der Waals surface area contributed by atoms with Crippen LogP contribution in [0.3, 0.4) is 0 Å². The van der Waals surface area contributed by atoms with E-state index in [0.29, 0.717) is 51.6 Å². The Kier molecular flexibility index (Phi) is 14.9. The van der Waals surface area contributed by atoms with Crippen LogP contribution in [0.1, 0.15) is 105 Å². The van der Waals surface area contributed by atoms with Crippen molar-refractivity contribution in [1.29, 1.82) is 0 Å². The Morgan fingerprint density at radius 1 is 0.500 bits per heavy atom. The van der Waals surface area contributed by atoms with Crippen LogP contribution in [0.25, 0.3) is 0 Å². The maximum absolute atomic E-state index is 12.4. The van der Waals surface area contributed by atoms with Gasteiger partial charge in [-0.1, -0.05) is 101 Å². The predicted octanol–water partition coefficient (Wildman–Crippen LogP) is 5.83. The molecule has 76 heavy (non-hydrogen) atoms. The standard InChI is InChI=1S/C60H84O16/c1-7-8-13-34-14-11-17-41-56(65-34)53(63)57-49(69-41)26-43-40(72-57)21-20-38-39(67-43)19-18-37-35(66-38)15-9-10-16-36-45(68-37)28-50(61)59(6)51(71-36)29-46-47(75-59)25-30(2)24-42-44(70-46)27-48-54(73-42)32(4)52(62)58-55(74-48)31(3)33(5)60(76-58)22-12-23-64-60/h7-11,13-14,18-21,30-58,61-63H,1,12,15-17,22-29H2,2-6H3/b10-9+,13-8+/t30-,31+,32+,33+,34+,35-,36+,37+,38+,39-,40-,41+,42+,43+,44-,45-,46+,47-,48+,49-,50-,51-,52+,53-,54-,55-,56+,57-,58+,59+,60+/m1/s1. The van der Waals surface area contributed by atoms with Crippen molar-refractivity contribution in [1.82, 2.24) is 0 Å². The molecule has 9 fully saturated rings. The van der Waals surface area contributed by atoms with Gasteiger partial charge < -0.3 is 76.9 Å². The van der Waals surface area contributed by atoms with Crippen LogP contribution in [0.4, 0.5) is 0 Å². The molecule has 0 aromatic heterocycles. The smallest absolute Gasteiger partial charge is 0.171 e. The topological polar surface area (TPSA) is 181 Å². The summed E-state index contributed by atoms with van der Waals surface area (Å²) in [5, 5.41) is 36.2. The summed E-state index contributed by atoms with van der Waals surface area (Å²) in [6, 6.07) is 0. The molecule has 0 saturated carbocycles. The zero-order valence-corrected chi connectivity index (χ0v) is 44.9. The number of rotatable bonds is 2. The molecule has 16 heteroatoms. The highest BCUT2D eigenvalue weighted by Gasteiger charge is 2.62. The summed E-state index contributed by atoms with van der Waals surface area (Å²) in [6.07, 6.45) is 18.3. The molecule has 0 amide bonds. The molecule has 0 aromatic rings. The first-order chi connectivity index (χ1) is 36.8. The fourth-order valence-corrected chi connectivity index (χ4v) is 15.8. The Bertz CT molecular complexity index is 2230. The number of hydrogen-bond acceptors (Lipinski definition) is 16. The molecule has 0 bridgehead atoms. The van der Waals surface area contributed by atoms with Gasteiger partial charge in [-0.25, -0.2) is 0 Å². The summed E-state index contributed by atoms with van der Waals surface area (Å²) in [4.78, 5) is 0. The molecule has 0 aromatic carbocycles. The lowest BCUT2D eigenvalue weighted by atomic mass is 9.76. The highest BCUT2D eigenvalue weighted by Crippen LogP contribution is 2.52. The van der Waals surface area contributed by atoms with Crippen LogP contribution in [-0.2, 0) is 61.6 Å². The van der Waals surface area contributed by atoms with Crippen LogP contribution in [0.15, 0.2) is 73.4 Å². The van der Waals surface area contributed by atoms with Gasteiger partial charge in [-0.15, -0.1) is 0 Å². The van der Waals surface area contributed by atoms with Crippen molar-refractivity contribution in [2.24, 2.45) is 23.7 Å². The maximum Gasteiger partial charge on any atom is 0.171 e. The lowest BCUT2D eigenvalue weighted by Gasteiger charge is -2.53. The lowest BCUT2D eigenvalue weighted by Crippen LogP contribution is -2.63. The number of allylic oxidation sites excluding steroid dienone is 2. The van der Waals surface area contributed by atoms with Crippen LogP contribution < -0.4 is 0 Å². The molecule has 9 saturated heterocycles. The lowest BCUT2D eigenvalue weighted by molar-refractivity contribution is -0.339.